The van der Waals surface area contributed by atoms with Crippen LogP contribution in [0.5, 0.6) is 0 Å². The number of rotatable bonds is 1. The highest BCUT2D eigenvalue weighted by Crippen LogP contribution is 2.36. The summed E-state index contributed by atoms with van der Waals surface area (Å²) in [7, 11) is 0. The van der Waals surface area contributed by atoms with Crippen molar-refractivity contribution < 1.29 is 0 Å². The number of hydrogen-bond donors (Lipinski definition) is 1. The molecule has 70 valence electrons. The minimum atomic E-state index is 0.708. The van der Waals surface area contributed by atoms with Gasteiger partial charge < -0.3 is 5.73 Å². The Hall–Kier alpha value is -1.18. The summed E-state index contributed by atoms with van der Waals surface area (Å²) >= 11 is 3.30. The predicted octanol–water partition coefficient (Wildman–Crippen LogP) is 3.08. The molecule has 4 heteroatoms. The summed E-state index contributed by atoms with van der Waals surface area (Å²) < 4.78 is 2.19. The molecule has 0 fully saturated rings. The summed E-state index contributed by atoms with van der Waals surface area (Å²) in [5.74, 6) is 0. The van der Waals surface area contributed by atoms with Crippen molar-refractivity contribution in [3.63, 3.8) is 0 Å². The highest BCUT2D eigenvalue weighted by molar-refractivity contribution is 8.00. The van der Waals surface area contributed by atoms with Gasteiger partial charge in [-0.1, -0.05) is 0 Å². The van der Waals surface area contributed by atoms with E-state index in [0.29, 0.717) is 5.56 Å². The molecular weight excluding hydrogens is 212 g/mol. The number of fused-ring (bicyclic) bond motifs is 1. The molecule has 0 aliphatic heterocycles. The fourth-order valence-corrected chi connectivity index (χ4v) is 3.02. The Labute approximate surface area is 90.3 Å². The fourth-order valence-electron chi connectivity index (χ4n) is 1.31. The van der Waals surface area contributed by atoms with E-state index in [4.69, 9.17) is 11.0 Å². The standard InChI is InChI=1S/C10H8N2S2/c1-13-9-4-7-8(12)3-2-6(5-11)10(7)14-9/h2-4H,12H2,1H3. The number of nitrogen functional groups attached to an aromatic ring is 1. The first-order chi connectivity index (χ1) is 6.76. The van der Waals surface area contributed by atoms with Gasteiger partial charge in [-0.25, -0.2) is 0 Å². The number of thioether (sulfide) groups is 1. The quantitative estimate of drug-likeness (QED) is 0.593. The lowest BCUT2D eigenvalue weighted by Crippen LogP contribution is -1.85. The summed E-state index contributed by atoms with van der Waals surface area (Å²) in [6, 6.07) is 7.79. The Bertz CT molecular complexity index is 523. The van der Waals surface area contributed by atoms with Gasteiger partial charge in [0.05, 0.1) is 14.5 Å². The first kappa shape index (κ1) is 9.38. The molecule has 1 heterocycles. The van der Waals surface area contributed by atoms with E-state index in [0.717, 1.165) is 15.8 Å². The molecule has 0 bridgehead atoms. The smallest absolute Gasteiger partial charge is 0.101 e. The third-order valence-electron chi connectivity index (χ3n) is 2.02. The molecule has 0 aliphatic carbocycles. The SMILES string of the molecule is CSc1cc2c(N)ccc(C#N)c2s1. The van der Waals surface area contributed by atoms with Crippen LogP contribution in [0, 0.1) is 11.3 Å². The van der Waals surface area contributed by atoms with Crippen LogP contribution in [0.1, 0.15) is 5.56 Å². The van der Waals surface area contributed by atoms with E-state index in [9.17, 15) is 0 Å². The van der Waals surface area contributed by atoms with Crippen LogP contribution in [0.25, 0.3) is 10.1 Å². The molecule has 0 saturated heterocycles. The van der Waals surface area contributed by atoms with Crippen molar-refractivity contribution in [3.05, 3.63) is 23.8 Å². The molecule has 0 amide bonds. The van der Waals surface area contributed by atoms with Gasteiger partial charge in [-0.15, -0.1) is 23.1 Å². The second-order valence-corrected chi connectivity index (χ2v) is 4.99. The van der Waals surface area contributed by atoms with Gasteiger partial charge >= 0.3 is 0 Å². The largest absolute Gasteiger partial charge is 0.398 e. The van der Waals surface area contributed by atoms with Gasteiger partial charge in [0.2, 0.25) is 0 Å². The topological polar surface area (TPSA) is 49.8 Å². The van der Waals surface area contributed by atoms with E-state index in [1.165, 1.54) is 4.21 Å². The van der Waals surface area contributed by atoms with Crippen LogP contribution < -0.4 is 5.73 Å². The molecule has 0 atom stereocenters. The summed E-state index contributed by atoms with van der Waals surface area (Å²) in [5, 5.41) is 9.92. The van der Waals surface area contributed by atoms with Crippen molar-refractivity contribution in [3.8, 4) is 6.07 Å². The number of benzene rings is 1. The zero-order valence-corrected chi connectivity index (χ0v) is 9.21. The summed E-state index contributed by atoms with van der Waals surface area (Å²) in [6.07, 6.45) is 2.02. The first-order valence-electron chi connectivity index (χ1n) is 4.02. The molecule has 0 radical (unpaired) electrons. The van der Waals surface area contributed by atoms with Gasteiger partial charge in [0, 0.05) is 11.1 Å². The van der Waals surface area contributed by atoms with E-state index in [1.807, 2.05) is 12.3 Å². The molecule has 0 aliphatic rings. The van der Waals surface area contributed by atoms with Crippen molar-refractivity contribution >= 4 is 38.9 Å². The molecule has 0 saturated carbocycles. The Kier molecular flexibility index (Phi) is 2.36. The number of nitriles is 1. The van der Waals surface area contributed by atoms with Gasteiger partial charge in [0.15, 0.2) is 0 Å². The maximum Gasteiger partial charge on any atom is 0.101 e. The zero-order chi connectivity index (χ0) is 10.1. The van der Waals surface area contributed by atoms with Gasteiger partial charge in [0.1, 0.15) is 6.07 Å². The molecular formula is C10H8N2S2. The minimum absolute atomic E-state index is 0.708. The molecule has 2 N–H and O–H groups in total. The van der Waals surface area contributed by atoms with Gasteiger partial charge in [-0.05, 0) is 24.5 Å². The highest BCUT2D eigenvalue weighted by atomic mass is 32.2. The van der Waals surface area contributed by atoms with Crippen LogP contribution in [0.15, 0.2) is 22.4 Å². The van der Waals surface area contributed by atoms with Crippen LogP contribution in [-0.4, -0.2) is 6.26 Å². The Morgan fingerprint density at radius 2 is 2.29 bits per heavy atom. The van der Waals surface area contributed by atoms with Crippen LogP contribution in [0.4, 0.5) is 5.69 Å². The zero-order valence-electron chi connectivity index (χ0n) is 7.57. The number of thiophene rings is 1. The van der Waals surface area contributed by atoms with Gasteiger partial charge in [-0.3, -0.25) is 0 Å². The number of nitrogens with two attached hydrogens (primary N) is 1. The number of nitrogens with zero attached hydrogens (tertiary/aromatic N) is 1. The molecule has 1 aromatic carbocycles. The predicted molar refractivity (Wildman–Crippen MR) is 62.7 cm³/mol. The molecule has 2 aromatic rings. The van der Waals surface area contributed by atoms with Crippen molar-refractivity contribution in [1.82, 2.24) is 0 Å². The van der Waals surface area contributed by atoms with E-state index in [1.54, 1.807) is 35.2 Å². The lowest BCUT2D eigenvalue weighted by molar-refractivity contribution is 1.51. The summed E-state index contributed by atoms with van der Waals surface area (Å²) in [5.41, 5.74) is 7.29. The van der Waals surface area contributed by atoms with Crippen molar-refractivity contribution in [1.29, 1.82) is 5.26 Å². The van der Waals surface area contributed by atoms with Crippen molar-refractivity contribution in [2.45, 2.75) is 4.21 Å². The lowest BCUT2D eigenvalue weighted by atomic mass is 10.1. The second kappa shape index (κ2) is 3.52. The van der Waals surface area contributed by atoms with Crippen LogP contribution in [-0.2, 0) is 0 Å². The van der Waals surface area contributed by atoms with Gasteiger partial charge in [-0.2, -0.15) is 5.26 Å². The maximum atomic E-state index is 8.92. The summed E-state index contributed by atoms with van der Waals surface area (Å²) in [6.45, 7) is 0. The van der Waals surface area contributed by atoms with Crippen molar-refractivity contribution in [2.75, 3.05) is 12.0 Å². The van der Waals surface area contributed by atoms with Crippen LogP contribution >= 0.6 is 23.1 Å². The molecule has 2 nitrogen and oxygen atoms in total. The van der Waals surface area contributed by atoms with Crippen molar-refractivity contribution in [2.24, 2.45) is 0 Å². The average molecular weight is 220 g/mol. The van der Waals surface area contributed by atoms with Crippen LogP contribution in [0.2, 0.25) is 0 Å². The minimum Gasteiger partial charge on any atom is -0.398 e. The van der Waals surface area contributed by atoms with E-state index < -0.39 is 0 Å². The first-order valence-corrected chi connectivity index (χ1v) is 6.06. The highest BCUT2D eigenvalue weighted by Gasteiger charge is 2.08. The number of anilines is 1. The monoisotopic (exact) mass is 220 g/mol. The molecule has 1 aromatic heterocycles. The summed E-state index contributed by atoms with van der Waals surface area (Å²) in [4.78, 5) is 0. The fraction of sp³-hybridized carbons (Fsp3) is 0.100. The lowest BCUT2D eigenvalue weighted by Gasteiger charge is -1.95. The Balaban J connectivity index is 2.83. The third kappa shape index (κ3) is 1.35. The van der Waals surface area contributed by atoms with E-state index in [2.05, 4.69) is 6.07 Å². The maximum absolute atomic E-state index is 8.92. The normalized spacial score (nSPS) is 10.3. The van der Waals surface area contributed by atoms with E-state index >= 15 is 0 Å². The molecule has 0 spiro atoms. The Morgan fingerprint density at radius 3 is 2.93 bits per heavy atom. The van der Waals surface area contributed by atoms with E-state index in [-0.39, 0.29) is 0 Å². The number of hydrogen-bond acceptors (Lipinski definition) is 4. The second-order valence-electron chi connectivity index (χ2n) is 2.83. The third-order valence-corrected chi connectivity index (χ3v) is 4.25. The van der Waals surface area contributed by atoms with Gasteiger partial charge in [0.25, 0.3) is 0 Å². The Morgan fingerprint density at radius 1 is 1.50 bits per heavy atom. The molecule has 0 unspecified atom stereocenters. The molecule has 2 rings (SSSR count). The molecule has 14 heavy (non-hydrogen) atoms. The van der Waals surface area contributed by atoms with Crippen LogP contribution in [0.3, 0.4) is 0 Å². The average Bonchev–Trinajstić information content (AvgIpc) is 2.63.